The predicted octanol–water partition coefficient (Wildman–Crippen LogP) is 3.29. The zero-order valence-electron chi connectivity index (χ0n) is 21.7. The van der Waals surface area contributed by atoms with E-state index in [1.165, 1.54) is 70.6 Å². The fraction of sp³-hybridized carbons (Fsp3) is 0.655. The molecule has 5 nitrogen and oxygen atoms in total. The zero-order valence-corrected chi connectivity index (χ0v) is 23.2. The Morgan fingerprint density at radius 3 is 2.29 bits per heavy atom. The minimum absolute atomic E-state index is 0. The normalized spacial score (nSPS) is 14.1. The fourth-order valence-corrected chi connectivity index (χ4v) is 4.98. The number of hydrogen-bond acceptors (Lipinski definition) is 4. The number of unbranched alkanes of at least 4 members (excludes halogenated alkanes) is 9. The summed E-state index contributed by atoms with van der Waals surface area (Å²) < 4.78 is 7.33. The molecule has 196 valence electrons. The standard InChI is InChI=1S/C29H44N2O3.BrH/c1-2-3-4-5-6-7-8-9-10-14-22-34-27(32)24-31-21-15-16-25-17-18-26(29(33)28(25)31)23-30-19-12-11-13-20-30;/h15-18,21H,2-14,19-20,22-24H2,1H3;1H. The van der Waals surface area contributed by atoms with Gasteiger partial charge in [-0.25, -0.2) is 4.79 Å². The number of aromatic nitrogens is 1. The Morgan fingerprint density at radius 2 is 1.60 bits per heavy atom. The number of piperidine rings is 1. The van der Waals surface area contributed by atoms with Crippen molar-refractivity contribution >= 4 is 16.9 Å². The molecule has 1 fully saturated rings. The van der Waals surface area contributed by atoms with Gasteiger partial charge in [-0.2, -0.15) is 4.57 Å². The van der Waals surface area contributed by atoms with Gasteiger partial charge < -0.3 is 26.8 Å². The Morgan fingerprint density at radius 1 is 0.943 bits per heavy atom. The molecule has 0 radical (unpaired) electrons. The van der Waals surface area contributed by atoms with Crippen molar-refractivity contribution in [1.82, 2.24) is 4.90 Å². The van der Waals surface area contributed by atoms with Crippen molar-refractivity contribution in [2.75, 3.05) is 19.7 Å². The van der Waals surface area contributed by atoms with E-state index < -0.39 is 0 Å². The Bertz CT molecular complexity index is 884. The molecule has 0 aliphatic carbocycles. The highest BCUT2D eigenvalue weighted by molar-refractivity contribution is 5.83. The topological polar surface area (TPSA) is 53.7 Å². The molecule has 1 aromatic heterocycles. The average molecular weight is 550 g/mol. The lowest BCUT2D eigenvalue weighted by atomic mass is 10.1. The van der Waals surface area contributed by atoms with Crippen LogP contribution in [0.5, 0.6) is 5.75 Å². The lowest BCUT2D eigenvalue weighted by molar-refractivity contribution is -0.660. The fourth-order valence-electron chi connectivity index (χ4n) is 4.98. The van der Waals surface area contributed by atoms with Gasteiger partial charge in [0, 0.05) is 18.2 Å². The summed E-state index contributed by atoms with van der Waals surface area (Å²) in [5, 5.41) is 12.0. The van der Waals surface area contributed by atoms with E-state index in [2.05, 4.69) is 11.8 Å². The summed E-state index contributed by atoms with van der Waals surface area (Å²) in [4.78, 5) is 14.9. The largest absolute Gasteiger partial charge is 1.00 e. The number of fused-ring (bicyclic) bond motifs is 1. The van der Waals surface area contributed by atoms with Crippen molar-refractivity contribution in [1.29, 1.82) is 0 Å². The van der Waals surface area contributed by atoms with Crippen molar-refractivity contribution in [3.63, 3.8) is 0 Å². The van der Waals surface area contributed by atoms with Gasteiger partial charge in [0.25, 0.3) is 5.52 Å². The van der Waals surface area contributed by atoms with E-state index >= 15 is 0 Å². The van der Waals surface area contributed by atoms with Gasteiger partial charge in [-0.15, -0.1) is 0 Å². The van der Waals surface area contributed by atoms with Crippen molar-refractivity contribution in [3.8, 4) is 5.75 Å². The Kier molecular flexibility index (Phi) is 14.3. The molecule has 2 heterocycles. The van der Waals surface area contributed by atoms with Crippen LogP contribution in [0.25, 0.3) is 10.9 Å². The first-order valence-electron chi connectivity index (χ1n) is 13.7. The number of phenolic OH excluding ortho intramolecular Hbond substituents is 1. The maximum absolute atomic E-state index is 12.5. The first-order chi connectivity index (χ1) is 16.7. The number of phenols is 1. The van der Waals surface area contributed by atoms with Crippen LogP contribution in [-0.2, 0) is 22.6 Å². The molecule has 0 unspecified atom stereocenters. The number of nitrogens with zero attached hydrogens (tertiary/aromatic N) is 2. The lowest BCUT2D eigenvalue weighted by Gasteiger charge is -2.26. The second-order valence-corrected chi connectivity index (χ2v) is 9.89. The van der Waals surface area contributed by atoms with Gasteiger partial charge >= 0.3 is 5.97 Å². The Labute approximate surface area is 222 Å². The quantitative estimate of drug-likeness (QED) is 0.211. The van der Waals surface area contributed by atoms with E-state index in [0.29, 0.717) is 12.1 Å². The maximum atomic E-state index is 12.5. The van der Waals surface area contributed by atoms with Gasteiger partial charge in [0.1, 0.15) is 0 Å². The molecule has 1 aromatic carbocycles. The van der Waals surface area contributed by atoms with Crippen LogP contribution in [0.15, 0.2) is 30.5 Å². The van der Waals surface area contributed by atoms with Crippen molar-refractivity contribution in [3.05, 3.63) is 36.0 Å². The van der Waals surface area contributed by atoms with Crippen molar-refractivity contribution < 1.29 is 36.2 Å². The molecule has 2 aromatic rings. The SMILES string of the molecule is CCCCCCCCCCCCOC(=O)C[n+]1cccc2ccc(CN3CCCCC3)c(O)c21.[Br-]. The first kappa shape index (κ1) is 29.6. The highest BCUT2D eigenvalue weighted by Gasteiger charge is 2.21. The predicted molar refractivity (Wildman–Crippen MR) is 138 cm³/mol. The lowest BCUT2D eigenvalue weighted by Crippen LogP contribution is -3.00. The smallest absolute Gasteiger partial charge is 0.372 e. The molecule has 1 aliphatic heterocycles. The summed E-state index contributed by atoms with van der Waals surface area (Å²) in [5.41, 5.74) is 1.64. The molecular weight excluding hydrogens is 504 g/mol. The molecule has 0 atom stereocenters. The first-order valence-corrected chi connectivity index (χ1v) is 13.7. The number of carbonyl (C=O) groups is 1. The van der Waals surface area contributed by atoms with E-state index in [1.54, 1.807) is 0 Å². The molecule has 0 saturated carbocycles. The molecule has 1 saturated heterocycles. The summed E-state index contributed by atoms with van der Waals surface area (Å²) in [7, 11) is 0. The van der Waals surface area contributed by atoms with Crippen LogP contribution < -0.4 is 21.5 Å². The Hall–Kier alpha value is -1.66. The van der Waals surface area contributed by atoms with Crippen LogP contribution in [0.1, 0.15) is 96.0 Å². The number of hydrogen-bond donors (Lipinski definition) is 1. The highest BCUT2D eigenvalue weighted by Crippen LogP contribution is 2.28. The summed E-state index contributed by atoms with van der Waals surface area (Å²) in [6.07, 6.45) is 18.2. The number of aromatic hydroxyl groups is 1. The third-order valence-electron chi connectivity index (χ3n) is 7.00. The number of rotatable bonds is 15. The Balaban J connectivity index is 0.00000432. The molecule has 0 bridgehead atoms. The molecular formula is C29H45BrN2O3. The van der Waals surface area contributed by atoms with Gasteiger partial charge in [0.05, 0.1) is 12.0 Å². The highest BCUT2D eigenvalue weighted by atomic mass is 79.9. The van der Waals surface area contributed by atoms with Gasteiger partial charge in [0.15, 0.2) is 11.9 Å². The van der Waals surface area contributed by atoms with Gasteiger partial charge in [-0.1, -0.05) is 77.2 Å². The molecule has 3 rings (SSSR count). The number of esters is 1. The van der Waals surface area contributed by atoms with Gasteiger partial charge in [0.2, 0.25) is 6.54 Å². The summed E-state index contributed by atoms with van der Waals surface area (Å²) in [6.45, 7) is 5.77. The second kappa shape index (κ2) is 16.9. The minimum Gasteiger partial charge on any atom is -1.00 e. The van der Waals surface area contributed by atoms with E-state index in [9.17, 15) is 9.90 Å². The van der Waals surface area contributed by atoms with E-state index in [1.807, 2.05) is 35.0 Å². The molecule has 1 N–H and O–H groups in total. The molecule has 35 heavy (non-hydrogen) atoms. The summed E-state index contributed by atoms with van der Waals surface area (Å²) in [6, 6.07) is 7.95. The zero-order chi connectivity index (χ0) is 24.0. The molecule has 6 heteroatoms. The number of ether oxygens (including phenoxy) is 1. The maximum Gasteiger partial charge on any atom is 0.372 e. The average Bonchev–Trinajstić information content (AvgIpc) is 2.85. The molecule has 0 spiro atoms. The third kappa shape index (κ3) is 10.1. The van der Waals surface area contributed by atoms with E-state index in [4.69, 9.17) is 4.74 Å². The van der Waals surface area contributed by atoms with Crippen LogP contribution in [0.4, 0.5) is 0 Å². The second-order valence-electron chi connectivity index (χ2n) is 9.89. The summed E-state index contributed by atoms with van der Waals surface area (Å²) >= 11 is 0. The molecule has 1 aliphatic rings. The van der Waals surface area contributed by atoms with E-state index in [0.717, 1.165) is 43.4 Å². The monoisotopic (exact) mass is 548 g/mol. The number of pyridine rings is 1. The van der Waals surface area contributed by atoms with Crippen LogP contribution in [0.2, 0.25) is 0 Å². The van der Waals surface area contributed by atoms with Gasteiger partial charge in [-0.05, 0) is 44.5 Å². The van der Waals surface area contributed by atoms with Crippen molar-refractivity contribution in [2.45, 2.75) is 103 Å². The summed E-state index contributed by atoms with van der Waals surface area (Å²) in [5.74, 6) is 0.0421. The van der Waals surface area contributed by atoms with E-state index in [-0.39, 0.29) is 35.2 Å². The van der Waals surface area contributed by atoms with Crippen LogP contribution >= 0.6 is 0 Å². The minimum atomic E-state index is -0.241. The number of likely N-dealkylation sites (tertiary alicyclic amines) is 1. The van der Waals surface area contributed by atoms with Crippen molar-refractivity contribution in [2.24, 2.45) is 0 Å². The van der Waals surface area contributed by atoms with Crippen LogP contribution in [0.3, 0.4) is 0 Å². The van der Waals surface area contributed by atoms with Crippen LogP contribution in [-0.4, -0.2) is 35.7 Å². The number of halogens is 1. The molecule has 0 amide bonds. The van der Waals surface area contributed by atoms with Crippen LogP contribution in [0, 0.1) is 0 Å². The third-order valence-corrected chi connectivity index (χ3v) is 7.00. The number of carbonyl (C=O) groups excluding carboxylic acids is 1. The van der Waals surface area contributed by atoms with Gasteiger partial charge in [-0.3, -0.25) is 4.90 Å². The number of benzene rings is 1.